The third-order valence-corrected chi connectivity index (χ3v) is 3.20. The highest BCUT2D eigenvalue weighted by atomic mass is 35.5. The number of hydrogen-bond acceptors (Lipinski definition) is 6. The van der Waals surface area contributed by atoms with Gasteiger partial charge in [-0.05, 0) is 18.7 Å². The molecule has 0 aliphatic rings. The SMILES string of the molecule is Cc1nc(Cl)cc(Sc2nncs2)n1. The van der Waals surface area contributed by atoms with Crippen molar-refractivity contribution in [3.63, 3.8) is 0 Å². The van der Waals surface area contributed by atoms with E-state index in [-0.39, 0.29) is 0 Å². The van der Waals surface area contributed by atoms with Crippen LogP contribution in [-0.4, -0.2) is 20.2 Å². The van der Waals surface area contributed by atoms with Gasteiger partial charge in [0.15, 0.2) is 4.34 Å². The van der Waals surface area contributed by atoms with E-state index < -0.39 is 0 Å². The molecular formula is C7H5ClN4S2. The molecule has 0 fully saturated rings. The number of hydrogen-bond donors (Lipinski definition) is 0. The molecule has 0 N–H and O–H groups in total. The van der Waals surface area contributed by atoms with Crippen LogP contribution in [0.15, 0.2) is 20.9 Å². The molecule has 2 aromatic rings. The molecule has 0 aromatic carbocycles. The first-order valence-electron chi connectivity index (χ1n) is 3.69. The Labute approximate surface area is 93.8 Å². The van der Waals surface area contributed by atoms with E-state index in [2.05, 4.69) is 20.2 Å². The summed E-state index contributed by atoms with van der Waals surface area (Å²) in [5, 5.41) is 8.87. The Morgan fingerprint density at radius 3 is 2.93 bits per heavy atom. The summed E-state index contributed by atoms with van der Waals surface area (Å²) in [7, 11) is 0. The molecule has 0 saturated heterocycles. The molecule has 0 bridgehead atoms. The Balaban J connectivity index is 2.25. The quantitative estimate of drug-likeness (QED) is 0.760. The third kappa shape index (κ3) is 2.40. The number of aryl methyl sites for hydroxylation is 1. The maximum Gasteiger partial charge on any atom is 0.180 e. The number of nitrogens with zero attached hydrogens (tertiary/aromatic N) is 4. The van der Waals surface area contributed by atoms with Crippen LogP contribution in [0, 0.1) is 6.92 Å². The summed E-state index contributed by atoms with van der Waals surface area (Å²) in [4.78, 5) is 8.19. The number of rotatable bonds is 2. The molecule has 14 heavy (non-hydrogen) atoms. The van der Waals surface area contributed by atoms with Crippen molar-refractivity contribution in [2.24, 2.45) is 0 Å². The fourth-order valence-electron chi connectivity index (χ4n) is 0.855. The van der Waals surface area contributed by atoms with Crippen molar-refractivity contribution in [3.8, 4) is 0 Å². The average Bonchev–Trinajstić information content (AvgIpc) is 2.54. The van der Waals surface area contributed by atoms with E-state index >= 15 is 0 Å². The summed E-state index contributed by atoms with van der Waals surface area (Å²) in [5.74, 6) is 0.657. The molecule has 0 saturated carbocycles. The van der Waals surface area contributed by atoms with Gasteiger partial charge in [0.25, 0.3) is 0 Å². The maximum absolute atomic E-state index is 5.79. The first-order chi connectivity index (χ1) is 6.74. The molecule has 0 radical (unpaired) electrons. The van der Waals surface area contributed by atoms with E-state index in [9.17, 15) is 0 Å². The van der Waals surface area contributed by atoms with Gasteiger partial charge in [0.1, 0.15) is 21.5 Å². The minimum Gasteiger partial charge on any atom is -0.226 e. The fraction of sp³-hybridized carbons (Fsp3) is 0.143. The normalized spacial score (nSPS) is 10.4. The van der Waals surface area contributed by atoms with Crippen LogP contribution in [0.5, 0.6) is 0 Å². The van der Waals surface area contributed by atoms with E-state index in [1.54, 1.807) is 18.5 Å². The molecule has 0 atom stereocenters. The molecule has 0 amide bonds. The molecule has 4 nitrogen and oxygen atoms in total. The Kier molecular flexibility index (Phi) is 2.95. The van der Waals surface area contributed by atoms with Gasteiger partial charge >= 0.3 is 0 Å². The molecule has 2 aromatic heterocycles. The first kappa shape index (κ1) is 9.82. The van der Waals surface area contributed by atoms with Gasteiger partial charge in [0.05, 0.1) is 0 Å². The smallest absolute Gasteiger partial charge is 0.180 e. The van der Waals surface area contributed by atoms with Crippen molar-refractivity contribution in [3.05, 3.63) is 22.6 Å². The summed E-state index contributed by atoms with van der Waals surface area (Å²) in [6.07, 6.45) is 0. The van der Waals surface area contributed by atoms with Crippen molar-refractivity contribution in [2.45, 2.75) is 16.3 Å². The summed E-state index contributed by atoms with van der Waals surface area (Å²) in [6, 6.07) is 1.71. The number of halogens is 1. The van der Waals surface area contributed by atoms with Crippen molar-refractivity contribution < 1.29 is 0 Å². The highest BCUT2D eigenvalue weighted by Gasteiger charge is 2.04. The minimum absolute atomic E-state index is 0.449. The van der Waals surface area contributed by atoms with Crippen molar-refractivity contribution >= 4 is 34.7 Å². The number of aromatic nitrogens is 4. The van der Waals surface area contributed by atoms with E-state index in [1.807, 2.05) is 0 Å². The molecule has 2 rings (SSSR count). The molecule has 0 aliphatic heterocycles. The highest BCUT2D eigenvalue weighted by Crippen LogP contribution is 2.27. The molecule has 7 heteroatoms. The lowest BCUT2D eigenvalue weighted by atomic mass is 10.6. The topological polar surface area (TPSA) is 51.6 Å². The zero-order chi connectivity index (χ0) is 9.97. The monoisotopic (exact) mass is 244 g/mol. The molecule has 0 aliphatic carbocycles. The summed E-state index contributed by atoms with van der Waals surface area (Å²) < 4.78 is 0.846. The summed E-state index contributed by atoms with van der Waals surface area (Å²) in [5.41, 5.74) is 1.68. The van der Waals surface area contributed by atoms with Gasteiger partial charge in [-0.2, -0.15) is 0 Å². The van der Waals surface area contributed by atoms with Crippen LogP contribution in [0.3, 0.4) is 0 Å². The van der Waals surface area contributed by atoms with Gasteiger partial charge in [0.2, 0.25) is 0 Å². The van der Waals surface area contributed by atoms with E-state index in [0.717, 1.165) is 9.37 Å². The predicted octanol–water partition coefficient (Wildman–Crippen LogP) is 2.44. The van der Waals surface area contributed by atoms with E-state index in [4.69, 9.17) is 11.6 Å². The van der Waals surface area contributed by atoms with Crippen LogP contribution < -0.4 is 0 Å². The Morgan fingerprint density at radius 1 is 1.43 bits per heavy atom. The van der Waals surface area contributed by atoms with Gasteiger partial charge in [-0.25, -0.2) is 9.97 Å². The van der Waals surface area contributed by atoms with Gasteiger partial charge < -0.3 is 0 Å². The zero-order valence-corrected chi connectivity index (χ0v) is 9.53. The largest absolute Gasteiger partial charge is 0.226 e. The van der Waals surface area contributed by atoms with Crippen molar-refractivity contribution in [1.29, 1.82) is 0 Å². The summed E-state index contributed by atoms with van der Waals surface area (Å²) >= 11 is 8.69. The molecular weight excluding hydrogens is 240 g/mol. The lowest BCUT2D eigenvalue weighted by molar-refractivity contribution is 0.960. The molecule has 0 spiro atoms. The van der Waals surface area contributed by atoms with Crippen molar-refractivity contribution in [1.82, 2.24) is 20.2 Å². The minimum atomic E-state index is 0.449. The van der Waals surface area contributed by atoms with Gasteiger partial charge in [-0.3, -0.25) is 0 Å². The second kappa shape index (κ2) is 4.20. The lowest BCUT2D eigenvalue weighted by Gasteiger charge is -1.98. The van der Waals surface area contributed by atoms with Crippen molar-refractivity contribution in [2.75, 3.05) is 0 Å². The highest BCUT2D eigenvalue weighted by molar-refractivity contribution is 8.00. The lowest BCUT2D eigenvalue weighted by Crippen LogP contribution is -1.89. The van der Waals surface area contributed by atoms with E-state index in [1.165, 1.54) is 23.1 Å². The standard InChI is InChI=1S/C7H5ClN4S2/c1-4-10-5(8)2-6(11-4)14-7-12-9-3-13-7/h2-3H,1H3. The predicted molar refractivity (Wildman–Crippen MR) is 55.8 cm³/mol. The molecule has 0 unspecified atom stereocenters. The fourth-order valence-corrected chi connectivity index (χ4v) is 2.62. The van der Waals surface area contributed by atoms with Crippen LogP contribution in [-0.2, 0) is 0 Å². The van der Waals surface area contributed by atoms with Gasteiger partial charge in [-0.15, -0.1) is 10.2 Å². The van der Waals surface area contributed by atoms with Gasteiger partial charge in [0, 0.05) is 6.07 Å². The second-order valence-electron chi connectivity index (χ2n) is 2.38. The molecule has 72 valence electrons. The second-order valence-corrected chi connectivity index (χ2v) is 4.87. The zero-order valence-electron chi connectivity index (χ0n) is 7.14. The van der Waals surface area contributed by atoms with Crippen LogP contribution in [0.1, 0.15) is 5.82 Å². The Hall–Kier alpha value is -0.720. The van der Waals surface area contributed by atoms with Crippen LogP contribution in [0.25, 0.3) is 0 Å². The van der Waals surface area contributed by atoms with Crippen LogP contribution in [0.4, 0.5) is 0 Å². The third-order valence-electron chi connectivity index (χ3n) is 1.32. The average molecular weight is 245 g/mol. The van der Waals surface area contributed by atoms with Gasteiger partial charge in [-0.1, -0.05) is 22.9 Å². The van der Waals surface area contributed by atoms with Crippen LogP contribution >= 0.6 is 34.7 Å². The summed E-state index contributed by atoms with van der Waals surface area (Å²) in [6.45, 7) is 1.80. The van der Waals surface area contributed by atoms with Crippen LogP contribution in [0.2, 0.25) is 5.15 Å². The Morgan fingerprint density at radius 2 is 2.29 bits per heavy atom. The Bertz CT molecular complexity index is 411. The van der Waals surface area contributed by atoms with E-state index in [0.29, 0.717) is 11.0 Å². The maximum atomic E-state index is 5.79. The first-order valence-corrected chi connectivity index (χ1v) is 5.76. The molecule has 2 heterocycles.